The number of fused-ring (bicyclic) bond motifs is 2. The van der Waals surface area contributed by atoms with Crippen LogP contribution in [-0.2, 0) is 0 Å². The second-order valence-corrected chi connectivity index (χ2v) is 7.70. The van der Waals surface area contributed by atoms with Crippen LogP contribution in [0.4, 0.5) is 11.4 Å². The van der Waals surface area contributed by atoms with E-state index in [9.17, 15) is 0 Å². The maximum Gasteiger partial charge on any atom is 0.119 e. The fourth-order valence-electron chi connectivity index (χ4n) is 3.19. The Bertz CT molecular complexity index is 904. The highest BCUT2D eigenvalue weighted by Crippen LogP contribution is 2.45. The van der Waals surface area contributed by atoms with Crippen LogP contribution in [0, 0.1) is 0 Å². The molecule has 132 valence electrons. The third-order valence-electron chi connectivity index (χ3n) is 4.73. The van der Waals surface area contributed by atoms with Crippen molar-refractivity contribution in [3.05, 3.63) is 77.9 Å². The van der Waals surface area contributed by atoms with Crippen molar-refractivity contribution in [2.75, 3.05) is 11.9 Å². The Morgan fingerprint density at radius 1 is 0.885 bits per heavy atom. The molecule has 0 saturated carbocycles. The molecule has 1 aliphatic heterocycles. The average Bonchev–Trinajstić information content (AvgIpc) is 2.70. The molecule has 0 aromatic heterocycles. The SMILES string of the molecule is CCCOc1ccc(C(C)c2ccc3c(c2)Nc2ccccc2S3)cc1. The molecule has 0 radical (unpaired) electrons. The Morgan fingerprint density at radius 3 is 2.42 bits per heavy atom. The molecule has 3 heteroatoms. The Morgan fingerprint density at radius 2 is 1.62 bits per heavy atom. The van der Waals surface area contributed by atoms with E-state index in [1.54, 1.807) is 0 Å². The van der Waals surface area contributed by atoms with Crippen molar-refractivity contribution in [1.29, 1.82) is 0 Å². The molecular formula is C23H23NOS. The normalized spacial score (nSPS) is 13.3. The zero-order valence-corrected chi connectivity index (χ0v) is 16.0. The Labute approximate surface area is 159 Å². The van der Waals surface area contributed by atoms with Gasteiger partial charge in [0.1, 0.15) is 5.75 Å². The monoisotopic (exact) mass is 361 g/mol. The number of hydrogen-bond acceptors (Lipinski definition) is 3. The molecule has 0 bridgehead atoms. The number of para-hydroxylation sites is 1. The second kappa shape index (κ2) is 7.46. The minimum absolute atomic E-state index is 0.337. The van der Waals surface area contributed by atoms with E-state index in [1.165, 1.54) is 32.3 Å². The highest BCUT2D eigenvalue weighted by molar-refractivity contribution is 7.99. The van der Waals surface area contributed by atoms with Gasteiger partial charge in [-0.1, -0.05) is 55.9 Å². The molecule has 1 heterocycles. The lowest BCUT2D eigenvalue weighted by Crippen LogP contribution is -2.02. The van der Waals surface area contributed by atoms with Gasteiger partial charge >= 0.3 is 0 Å². The first-order chi connectivity index (χ1) is 12.7. The van der Waals surface area contributed by atoms with Crippen LogP contribution in [0.15, 0.2) is 76.5 Å². The van der Waals surface area contributed by atoms with Gasteiger partial charge < -0.3 is 10.1 Å². The van der Waals surface area contributed by atoms with E-state index >= 15 is 0 Å². The number of hydrogen-bond donors (Lipinski definition) is 1. The minimum atomic E-state index is 0.337. The van der Waals surface area contributed by atoms with E-state index in [1.807, 2.05) is 11.8 Å². The molecule has 3 aromatic rings. The third kappa shape index (κ3) is 3.45. The summed E-state index contributed by atoms with van der Waals surface area (Å²) >= 11 is 1.83. The molecule has 1 N–H and O–H groups in total. The van der Waals surface area contributed by atoms with E-state index in [0.29, 0.717) is 5.92 Å². The first kappa shape index (κ1) is 17.0. The topological polar surface area (TPSA) is 21.3 Å². The average molecular weight is 362 g/mol. The molecule has 0 saturated heterocycles. The van der Waals surface area contributed by atoms with Gasteiger partial charge in [-0.3, -0.25) is 0 Å². The smallest absolute Gasteiger partial charge is 0.119 e. The van der Waals surface area contributed by atoms with Crippen LogP contribution in [0.5, 0.6) is 5.75 Å². The van der Waals surface area contributed by atoms with Gasteiger partial charge in [-0.25, -0.2) is 0 Å². The molecule has 2 nitrogen and oxygen atoms in total. The minimum Gasteiger partial charge on any atom is -0.494 e. The van der Waals surface area contributed by atoms with Gasteiger partial charge in [0.05, 0.1) is 18.0 Å². The number of ether oxygens (including phenoxy) is 1. The molecule has 1 atom stereocenters. The van der Waals surface area contributed by atoms with Gasteiger partial charge in [-0.2, -0.15) is 0 Å². The molecule has 0 fully saturated rings. The second-order valence-electron chi connectivity index (χ2n) is 6.62. The highest BCUT2D eigenvalue weighted by Gasteiger charge is 2.17. The molecule has 0 aliphatic carbocycles. The summed E-state index contributed by atoms with van der Waals surface area (Å²) < 4.78 is 5.69. The lowest BCUT2D eigenvalue weighted by Gasteiger charge is -2.22. The molecule has 1 unspecified atom stereocenters. The summed E-state index contributed by atoms with van der Waals surface area (Å²) in [5, 5.41) is 3.58. The molecule has 1 aliphatic rings. The van der Waals surface area contributed by atoms with Crippen molar-refractivity contribution in [2.24, 2.45) is 0 Å². The predicted molar refractivity (Wildman–Crippen MR) is 110 cm³/mol. The number of nitrogens with one attached hydrogen (secondary N) is 1. The van der Waals surface area contributed by atoms with Gasteiger partial charge in [0.2, 0.25) is 0 Å². The van der Waals surface area contributed by atoms with Crippen LogP contribution in [0.2, 0.25) is 0 Å². The fourth-order valence-corrected chi connectivity index (χ4v) is 4.16. The van der Waals surface area contributed by atoms with Gasteiger partial charge in [-0.05, 0) is 53.9 Å². The summed E-state index contributed by atoms with van der Waals surface area (Å²) in [7, 11) is 0. The fraction of sp³-hybridized carbons (Fsp3) is 0.217. The summed E-state index contributed by atoms with van der Waals surface area (Å²) in [6, 6.07) is 23.7. The van der Waals surface area contributed by atoms with Crippen LogP contribution in [-0.4, -0.2) is 6.61 Å². The highest BCUT2D eigenvalue weighted by atomic mass is 32.2. The van der Waals surface area contributed by atoms with Gasteiger partial charge in [0.25, 0.3) is 0 Å². The van der Waals surface area contributed by atoms with Crippen LogP contribution in [0.1, 0.15) is 37.3 Å². The third-order valence-corrected chi connectivity index (χ3v) is 5.88. The largest absolute Gasteiger partial charge is 0.494 e. The van der Waals surface area contributed by atoms with E-state index < -0.39 is 0 Å². The quantitative estimate of drug-likeness (QED) is 0.421. The Kier molecular flexibility index (Phi) is 4.89. The summed E-state index contributed by atoms with van der Waals surface area (Å²) in [6.07, 6.45) is 1.03. The van der Waals surface area contributed by atoms with Crippen molar-refractivity contribution >= 4 is 23.1 Å². The lowest BCUT2D eigenvalue weighted by molar-refractivity contribution is 0.317. The maximum absolute atomic E-state index is 5.69. The summed E-state index contributed by atoms with van der Waals surface area (Å²) in [6.45, 7) is 5.15. The van der Waals surface area contributed by atoms with Crippen molar-refractivity contribution in [1.82, 2.24) is 0 Å². The van der Waals surface area contributed by atoms with Crippen molar-refractivity contribution in [2.45, 2.75) is 36.0 Å². The van der Waals surface area contributed by atoms with Crippen LogP contribution < -0.4 is 10.1 Å². The predicted octanol–water partition coefficient (Wildman–Crippen LogP) is 6.84. The molecule has 3 aromatic carbocycles. The number of benzene rings is 3. The van der Waals surface area contributed by atoms with E-state index in [2.05, 4.69) is 85.9 Å². The summed E-state index contributed by atoms with van der Waals surface area (Å²) in [5.41, 5.74) is 5.00. The van der Waals surface area contributed by atoms with Crippen molar-refractivity contribution in [3.63, 3.8) is 0 Å². The lowest BCUT2D eigenvalue weighted by atomic mass is 9.93. The van der Waals surface area contributed by atoms with Gasteiger partial charge in [-0.15, -0.1) is 0 Å². The van der Waals surface area contributed by atoms with Crippen LogP contribution in [0.25, 0.3) is 0 Å². The van der Waals surface area contributed by atoms with E-state index in [-0.39, 0.29) is 0 Å². The Balaban J connectivity index is 1.55. The zero-order valence-electron chi connectivity index (χ0n) is 15.2. The van der Waals surface area contributed by atoms with E-state index in [0.717, 1.165) is 18.8 Å². The van der Waals surface area contributed by atoms with Crippen LogP contribution >= 0.6 is 11.8 Å². The molecular weight excluding hydrogens is 338 g/mol. The molecule has 26 heavy (non-hydrogen) atoms. The summed E-state index contributed by atoms with van der Waals surface area (Å²) in [4.78, 5) is 2.56. The number of rotatable bonds is 5. The molecule has 0 amide bonds. The zero-order chi connectivity index (χ0) is 17.9. The first-order valence-corrected chi connectivity index (χ1v) is 9.97. The summed E-state index contributed by atoms with van der Waals surface area (Å²) in [5.74, 6) is 1.28. The Hall–Kier alpha value is -2.39. The molecule has 0 spiro atoms. The van der Waals surface area contributed by atoms with Gasteiger partial charge in [0, 0.05) is 15.7 Å². The van der Waals surface area contributed by atoms with Crippen LogP contribution in [0.3, 0.4) is 0 Å². The first-order valence-electron chi connectivity index (χ1n) is 9.15. The van der Waals surface area contributed by atoms with Gasteiger partial charge in [0.15, 0.2) is 0 Å². The molecule has 4 rings (SSSR count). The maximum atomic E-state index is 5.69. The number of anilines is 2. The van der Waals surface area contributed by atoms with E-state index in [4.69, 9.17) is 4.74 Å². The van der Waals surface area contributed by atoms with Crippen molar-refractivity contribution in [3.8, 4) is 5.75 Å². The standard InChI is InChI=1S/C23H23NOS/c1-3-14-25-19-11-8-17(9-12-19)16(2)18-10-13-23-21(15-18)24-20-6-4-5-7-22(20)26-23/h4-13,15-16,24H,3,14H2,1-2H3. The van der Waals surface area contributed by atoms with Crippen molar-refractivity contribution < 1.29 is 4.74 Å².